The van der Waals surface area contributed by atoms with Gasteiger partial charge in [0.1, 0.15) is 0 Å². The number of carbonyl (C=O) groups is 1. The topological polar surface area (TPSA) is 30.0 Å². The molecular weight excluding hydrogens is 312 g/mol. The van der Waals surface area contributed by atoms with Crippen LogP contribution in [0.1, 0.15) is 17.5 Å². The highest BCUT2D eigenvalue weighted by Crippen LogP contribution is 2.24. The van der Waals surface area contributed by atoms with Gasteiger partial charge < -0.3 is 19.6 Å². The molecule has 1 amide bonds. The summed E-state index contributed by atoms with van der Waals surface area (Å²) in [6.07, 6.45) is 0.660. The maximum atomic E-state index is 12.5. The molecule has 0 N–H and O–H groups in total. The van der Waals surface area contributed by atoms with E-state index in [0.29, 0.717) is 12.3 Å². The van der Waals surface area contributed by atoms with Crippen molar-refractivity contribution in [3.05, 3.63) is 29.3 Å². The molecule has 1 aromatic carbocycles. The maximum absolute atomic E-state index is 12.5. The van der Waals surface area contributed by atoms with Crippen molar-refractivity contribution in [2.24, 2.45) is 0 Å². The number of likely N-dealkylation sites (N-methyl/N-ethyl adjacent to an activating group) is 1. The lowest BCUT2D eigenvalue weighted by Crippen LogP contribution is -2.50. The second-order valence-electron chi connectivity index (χ2n) is 7.48. The Morgan fingerprint density at radius 2 is 1.64 bits per heavy atom. The third-order valence-corrected chi connectivity index (χ3v) is 5.79. The van der Waals surface area contributed by atoms with Crippen LogP contribution in [0.25, 0.3) is 0 Å². The summed E-state index contributed by atoms with van der Waals surface area (Å²) >= 11 is 0. The first-order chi connectivity index (χ1) is 12.0. The van der Waals surface area contributed by atoms with Crippen molar-refractivity contribution >= 4 is 11.6 Å². The fourth-order valence-corrected chi connectivity index (χ4v) is 3.76. The number of benzene rings is 1. The highest BCUT2D eigenvalue weighted by atomic mass is 16.2. The molecule has 2 aliphatic rings. The van der Waals surface area contributed by atoms with E-state index in [1.165, 1.54) is 16.8 Å². The van der Waals surface area contributed by atoms with E-state index in [-0.39, 0.29) is 0 Å². The summed E-state index contributed by atoms with van der Waals surface area (Å²) in [5, 5.41) is 0. The lowest BCUT2D eigenvalue weighted by Gasteiger charge is -2.37. The normalized spacial score (nSPS) is 20.1. The fraction of sp³-hybridized carbons (Fsp3) is 0.650. The molecule has 0 spiro atoms. The van der Waals surface area contributed by atoms with E-state index in [1.807, 2.05) is 0 Å². The van der Waals surface area contributed by atoms with E-state index in [2.05, 4.69) is 58.7 Å². The summed E-state index contributed by atoms with van der Waals surface area (Å²) in [6.45, 7) is 13.2. The number of amides is 1. The second kappa shape index (κ2) is 8.19. The molecule has 25 heavy (non-hydrogen) atoms. The van der Waals surface area contributed by atoms with Crippen molar-refractivity contribution in [1.29, 1.82) is 0 Å². The van der Waals surface area contributed by atoms with Gasteiger partial charge in [0, 0.05) is 71.0 Å². The van der Waals surface area contributed by atoms with Gasteiger partial charge in [0.15, 0.2) is 0 Å². The minimum Gasteiger partial charge on any atom is -0.368 e. The number of hydrogen-bond donors (Lipinski definition) is 0. The molecule has 5 nitrogen and oxygen atoms in total. The Morgan fingerprint density at radius 3 is 2.32 bits per heavy atom. The quantitative estimate of drug-likeness (QED) is 0.830. The average Bonchev–Trinajstić information content (AvgIpc) is 2.63. The summed E-state index contributed by atoms with van der Waals surface area (Å²) in [5.41, 5.74) is 4.02. The Labute approximate surface area is 152 Å². The zero-order valence-electron chi connectivity index (χ0n) is 16.0. The SMILES string of the molecule is Cc1cccc(N2CCN(C(=O)CCN3CCN(C)CC3)CC2)c1C. The molecule has 3 rings (SSSR count). The van der Waals surface area contributed by atoms with Crippen LogP contribution in [0.5, 0.6) is 0 Å². The molecule has 2 heterocycles. The number of anilines is 1. The predicted molar refractivity (Wildman–Crippen MR) is 103 cm³/mol. The lowest BCUT2D eigenvalue weighted by molar-refractivity contribution is -0.131. The Kier molecular flexibility index (Phi) is 5.97. The molecule has 0 aromatic heterocycles. The van der Waals surface area contributed by atoms with Gasteiger partial charge in [-0.05, 0) is 38.1 Å². The average molecular weight is 345 g/mol. The van der Waals surface area contributed by atoms with Gasteiger partial charge in [0.05, 0.1) is 0 Å². The summed E-state index contributed by atoms with van der Waals surface area (Å²) in [4.78, 5) is 21.8. The highest BCUT2D eigenvalue weighted by molar-refractivity contribution is 5.76. The summed E-state index contributed by atoms with van der Waals surface area (Å²) in [6, 6.07) is 6.50. The molecule has 5 heteroatoms. The molecule has 138 valence electrons. The number of aryl methyl sites for hydroxylation is 1. The van der Waals surface area contributed by atoms with Gasteiger partial charge in [-0.15, -0.1) is 0 Å². The number of carbonyl (C=O) groups excluding carboxylic acids is 1. The van der Waals surface area contributed by atoms with Crippen molar-refractivity contribution in [2.45, 2.75) is 20.3 Å². The van der Waals surface area contributed by atoms with E-state index >= 15 is 0 Å². The van der Waals surface area contributed by atoms with Gasteiger partial charge >= 0.3 is 0 Å². The first-order valence-corrected chi connectivity index (χ1v) is 9.54. The molecule has 0 unspecified atom stereocenters. The summed E-state index contributed by atoms with van der Waals surface area (Å²) in [7, 11) is 2.16. The van der Waals surface area contributed by atoms with Crippen LogP contribution in [-0.2, 0) is 4.79 Å². The van der Waals surface area contributed by atoms with E-state index in [4.69, 9.17) is 0 Å². The van der Waals surface area contributed by atoms with Gasteiger partial charge in [0.25, 0.3) is 0 Å². The van der Waals surface area contributed by atoms with E-state index in [1.54, 1.807) is 0 Å². The van der Waals surface area contributed by atoms with Gasteiger partial charge in [-0.2, -0.15) is 0 Å². The third kappa shape index (κ3) is 4.53. The van der Waals surface area contributed by atoms with E-state index in [9.17, 15) is 4.79 Å². The molecule has 2 saturated heterocycles. The van der Waals surface area contributed by atoms with Crippen LogP contribution in [0.4, 0.5) is 5.69 Å². The molecule has 0 aliphatic carbocycles. The van der Waals surface area contributed by atoms with Crippen molar-refractivity contribution in [3.8, 4) is 0 Å². The van der Waals surface area contributed by atoms with Crippen LogP contribution in [0.2, 0.25) is 0 Å². The van der Waals surface area contributed by atoms with Crippen molar-refractivity contribution in [2.75, 3.05) is 70.9 Å². The smallest absolute Gasteiger partial charge is 0.223 e. The van der Waals surface area contributed by atoms with Crippen molar-refractivity contribution < 1.29 is 4.79 Å². The van der Waals surface area contributed by atoms with Crippen LogP contribution in [0, 0.1) is 13.8 Å². The molecule has 0 atom stereocenters. The van der Waals surface area contributed by atoms with E-state index in [0.717, 1.165) is 58.9 Å². The zero-order valence-corrected chi connectivity index (χ0v) is 16.0. The molecule has 2 fully saturated rings. The standard InChI is InChI=1S/C20H32N4O/c1-17-5-4-6-19(18(17)2)23-13-15-24(16-14-23)20(25)7-8-22-11-9-21(3)10-12-22/h4-6H,7-16H2,1-3H3. The second-order valence-corrected chi connectivity index (χ2v) is 7.48. The maximum Gasteiger partial charge on any atom is 0.223 e. The number of piperazine rings is 2. The Hall–Kier alpha value is -1.59. The van der Waals surface area contributed by atoms with Gasteiger partial charge in [-0.25, -0.2) is 0 Å². The molecule has 0 saturated carbocycles. The molecular formula is C20H32N4O. The lowest BCUT2D eigenvalue weighted by atomic mass is 10.1. The van der Waals surface area contributed by atoms with Gasteiger partial charge in [0.2, 0.25) is 5.91 Å². The Bertz CT molecular complexity index is 587. The number of rotatable bonds is 4. The van der Waals surface area contributed by atoms with Crippen molar-refractivity contribution in [1.82, 2.24) is 14.7 Å². The minimum absolute atomic E-state index is 0.319. The molecule has 0 radical (unpaired) electrons. The van der Waals surface area contributed by atoms with Crippen LogP contribution >= 0.6 is 0 Å². The first kappa shape index (κ1) is 18.2. The summed E-state index contributed by atoms with van der Waals surface area (Å²) in [5.74, 6) is 0.319. The molecule has 2 aliphatic heterocycles. The fourth-order valence-electron chi connectivity index (χ4n) is 3.76. The summed E-state index contributed by atoms with van der Waals surface area (Å²) < 4.78 is 0. The van der Waals surface area contributed by atoms with Crippen LogP contribution in [-0.4, -0.2) is 86.6 Å². The van der Waals surface area contributed by atoms with E-state index < -0.39 is 0 Å². The Morgan fingerprint density at radius 1 is 0.960 bits per heavy atom. The monoisotopic (exact) mass is 344 g/mol. The van der Waals surface area contributed by atoms with Crippen LogP contribution < -0.4 is 4.90 Å². The van der Waals surface area contributed by atoms with Crippen LogP contribution in [0.3, 0.4) is 0 Å². The number of nitrogens with zero attached hydrogens (tertiary/aromatic N) is 4. The van der Waals surface area contributed by atoms with Gasteiger partial charge in [-0.3, -0.25) is 4.79 Å². The van der Waals surface area contributed by atoms with Gasteiger partial charge in [-0.1, -0.05) is 12.1 Å². The predicted octanol–water partition coefficient (Wildman–Crippen LogP) is 1.59. The third-order valence-electron chi connectivity index (χ3n) is 5.79. The largest absolute Gasteiger partial charge is 0.368 e. The Balaban J connectivity index is 1.45. The minimum atomic E-state index is 0.319. The zero-order chi connectivity index (χ0) is 17.8. The van der Waals surface area contributed by atoms with Crippen LogP contribution in [0.15, 0.2) is 18.2 Å². The number of hydrogen-bond acceptors (Lipinski definition) is 4. The van der Waals surface area contributed by atoms with Crippen molar-refractivity contribution in [3.63, 3.8) is 0 Å². The molecule has 0 bridgehead atoms. The molecule has 1 aromatic rings. The first-order valence-electron chi connectivity index (χ1n) is 9.54. The highest BCUT2D eigenvalue weighted by Gasteiger charge is 2.23.